The Bertz CT molecular complexity index is 1280. The minimum absolute atomic E-state index is 0.111. The highest BCUT2D eigenvalue weighted by molar-refractivity contribution is 7.16. The predicted molar refractivity (Wildman–Crippen MR) is 117 cm³/mol. The maximum Gasteiger partial charge on any atom is 0.354 e. The molecule has 0 unspecified atom stereocenters. The fraction of sp³-hybridized carbons (Fsp3) is 0.300. The van der Waals surface area contributed by atoms with Crippen molar-refractivity contribution in [3.63, 3.8) is 0 Å². The zero-order chi connectivity index (χ0) is 22.1. The van der Waals surface area contributed by atoms with Gasteiger partial charge in [-0.3, -0.25) is 9.59 Å². The lowest BCUT2D eigenvalue weighted by molar-refractivity contribution is -0.137. The van der Waals surface area contributed by atoms with E-state index in [1.54, 1.807) is 18.2 Å². The van der Waals surface area contributed by atoms with Crippen molar-refractivity contribution in [3.8, 4) is 0 Å². The van der Waals surface area contributed by atoms with Crippen LogP contribution in [0.4, 0.5) is 5.69 Å². The van der Waals surface area contributed by atoms with Gasteiger partial charge in [0.25, 0.3) is 5.56 Å². The average Bonchev–Trinajstić information content (AvgIpc) is 3.18. The number of nitrogens with zero attached hydrogens (tertiary/aromatic N) is 5. The largest absolute Gasteiger partial charge is 0.455 e. The Kier molecular flexibility index (Phi) is 5.84. The van der Waals surface area contributed by atoms with Gasteiger partial charge < -0.3 is 4.74 Å². The fourth-order valence-electron chi connectivity index (χ4n) is 2.95. The van der Waals surface area contributed by atoms with E-state index in [0.29, 0.717) is 27.8 Å². The van der Waals surface area contributed by atoms with Crippen LogP contribution in [0.1, 0.15) is 36.0 Å². The van der Waals surface area contributed by atoms with Crippen LogP contribution in [0, 0.1) is 6.92 Å². The van der Waals surface area contributed by atoms with E-state index in [4.69, 9.17) is 16.3 Å². The number of hydrogen-bond donors (Lipinski definition) is 0. The first-order valence-corrected chi connectivity index (χ1v) is 10.8. The molecule has 31 heavy (non-hydrogen) atoms. The van der Waals surface area contributed by atoms with E-state index in [1.165, 1.54) is 21.9 Å². The Hall–Kier alpha value is -3.11. The number of fused-ring (bicyclic) bond motifs is 1. The van der Waals surface area contributed by atoms with E-state index in [2.05, 4.69) is 15.2 Å². The number of aromatic nitrogens is 3. The zero-order valence-electron chi connectivity index (χ0n) is 16.8. The van der Waals surface area contributed by atoms with Crippen molar-refractivity contribution < 1.29 is 14.3 Å². The first kappa shape index (κ1) is 21.1. The third kappa shape index (κ3) is 4.35. The van der Waals surface area contributed by atoms with E-state index in [0.717, 1.165) is 15.6 Å². The summed E-state index contributed by atoms with van der Waals surface area (Å²) in [6.45, 7) is 3.60. The minimum atomic E-state index is -0.670. The van der Waals surface area contributed by atoms with Crippen molar-refractivity contribution >= 4 is 51.2 Å². The summed E-state index contributed by atoms with van der Waals surface area (Å²) in [6, 6.07) is 6.39. The number of amides is 1. The Morgan fingerprint density at radius 3 is 2.81 bits per heavy atom. The number of anilines is 1. The molecule has 0 saturated carbocycles. The second-order valence-electron chi connectivity index (χ2n) is 6.89. The van der Waals surface area contributed by atoms with Crippen LogP contribution in [0.15, 0.2) is 34.2 Å². The molecular formula is C20H18ClN5O4S. The molecule has 3 aromatic rings. The Morgan fingerprint density at radius 2 is 2.06 bits per heavy atom. The summed E-state index contributed by atoms with van der Waals surface area (Å²) in [5.74, 6) is -0.912. The molecule has 1 aromatic carbocycles. The average molecular weight is 460 g/mol. The highest BCUT2D eigenvalue weighted by Gasteiger charge is 2.27. The monoisotopic (exact) mass is 459 g/mol. The molecule has 2 aromatic heterocycles. The number of hydrogen-bond acceptors (Lipinski definition) is 8. The van der Waals surface area contributed by atoms with E-state index in [1.807, 2.05) is 13.8 Å². The molecule has 0 saturated heterocycles. The van der Waals surface area contributed by atoms with Gasteiger partial charge in [0.2, 0.25) is 10.9 Å². The van der Waals surface area contributed by atoms with Crippen molar-refractivity contribution in [2.45, 2.75) is 39.7 Å². The molecule has 9 nitrogen and oxygen atoms in total. The Labute approximate surface area is 185 Å². The molecule has 1 aliphatic heterocycles. The van der Waals surface area contributed by atoms with Crippen LogP contribution in [0.5, 0.6) is 0 Å². The number of esters is 1. The van der Waals surface area contributed by atoms with Gasteiger partial charge in [-0.1, -0.05) is 35.9 Å². The Balaban J connectivity index is 1.51. The van der Waals surface area contributed by atoms with E-state index < -0.39 is 5.97 Å². The number of rotatable bonds is 5. The van der Waals surface area contributed by atoms with Gasteiger partial charge in [0.05, 0.1) is 11.4 Å². The van der Waals surface area contributed by atoms with Crippen LogP contribution >= 0.6 is 22.9 Å². The van der Waals surface area contributed by atoms with Gasteiger partial charge in [0.1, 0.15) is 17.3 Å². The van der Waals surface area contributed by atoms with Crippen molar-refractivity contribution in [2.24, 2.45) is 5.10 Å². The third-order valence-electron chi connectivity index (χ3n) is 4.66. The van der Waals surface area contributed by atoms with Gasteiger partial charge in [0.15, 0.2) is 0 Å². The lowest BCUT2D eigenvalue weighted by Gasteiger charge is -2.23. The summed E-state index contributed by atoms with van der Waals surface area (Å²) in [6.07, 6.45) is 0.974. The van der Waals surface area contributed by atoms with Crippen LogP contribution in [0.25, 0.3) is 4.96 Å². The van der Waals surface area contributed by atoms with E-state index in [9.17, 15) is 14.4 Å². The summed E-state index contributed by atoms with van der Waals surface area (Å²) in [4.78, 5) is 41.8. The zero-order valence-corrected chi connectivity index (χ0v) is 18.4. The SMILES string of the molecule is CCc1nn2c(=O)cc(COC(=O)C3=NN(c4ccc(C)c(Cl)c4)C(=O)CC3)nc2s1. The minimum Gasteiger partial charge on any atom is -0.455 e. The van der Waals surface area contributed by atoms with Gasteiger partial charge >= 0.3 is 5.97 Å². The van der Waals surface area contributed by atoms with Crippen LogP contribution < -0.4 is 10.6 Å². The highest BCUT2D eigenvalue weighted by atomic mass is 35.5. The normalized spacial score (nSPS) is 14.1. The lowest BCUT2D eigenvalue weighted by Crippen LogP contribution is -2.35. The molecule has 0 radical (unpaired) electrons. The van der Waals surface area contributed by atoms with Crippen LogP contribution in [-0.2, 0) is 27.4 Å². The third-order valence-corrected chi connectivity index (χ3v) is 6.12. The molecule has 0 bridgehead atoms. The van der Waals surface area contributed by atoms with Crippen molar-refractivity contribution in [2.75, 3.05) is 5.01 Å². The molecular weight excluding hydrogens is 442 g/mol. The van der Waals surface area contributed by atoms with E-state index >= 15 is 0 Å². The standard InChI is InChI=1S/C20H18ClN5O4S/c1-3-16-24-26-18(28)8-12(22-20(26)31-16)10-30-19(29)15-6-7-17(27)25(23-15)13-5-4-11(2)14(21)9-13/h4-5,8-9H,3,6-7,10H2,1-2H3. The van der Waals surface area contributed by atoms with Gasteiger partial charge in [-0.2, -0.15) is 14.7 Å². The van der Waals surface area contributed by atoms with Crippen molar-refractivity contribution in [3.05, 3.63) is 55.9 Å². The molecule has 1 aliphatic rings. The quantitative estimate of drug-likeness (QED) is 0.543. The van der Waals surface area contributed by atoms with Crippen molar-refractivity contribution in [1.82, 2.24) is 14.6 Å². The maximum absolute atomic E-state index is 12.5. The molecule has 11 heteroatoms. The second kappa shape index (κ2) is 8.56. The van der Waals surface area contributed by atoms with Crippen LogP contribution in [0.3, 0.4) is 0 Å². The molecule has 0 atom stereocenters. The van der Waals surface area contributed by atoms with E-state index in [-0.39, 0.29) is 36.6 Å². The summed E-state index contributed by atoms with van der Waals surface area (Å²) >= 11 is 7.46. The van der Waals surface area contributed by atoms with Crippen LogP contribution in [0.2, 0.25) is 5.02 Å². The molecule has 160 valence electrons. The van der Waals surface area contributed by atoms with Crippen LogP contribution in [-0.4, -0.2) is 32.2 Å². The molecule has 4 rings (SSSR count). The van der Waals surface area contributed by atoms with Gasteiger partial charge in [0, 0.05) is 23.9 Å². The number of ether oxygens (including phenoxy) is 1. The topological polar surface area (TPSA) is 106 Å². The number of aryl methyl sites for hydroxylation is 2. The lowest BCUT2D eigenvalue weighted by atomic mass is 10.1. The number of carbonyl (C=O) groups is 2. The molecule has 3 heterocycles. The number of halogens is 1. The smallest absolute Gasteiger partial charge is 0.354 e. The summed E-state index contributed by atoms with van der Waals surface area (Å²) in [5, 5.41) is 10.8. The second-order valence-corrected chi connectivity index (χ2v) is 8.34. The van der Waals surface area contributed by atoms with Crippen molar-refractivity contribution in [1.29, 1.82) is 0 Å². The maximum atomic E-state index is 12.5. The van der Waals surface area contributed by atoms with Gasteiger partial charge in [-0.25, -0.2) is 14.8 Å². The first-order chi connectivity index (χ1) is 14.9. The first-order valence-electron chi connectivity index (χ1n) is 9.58. The summed E-state index contributed by atoms with van der Waals surface area (Å²) in [5.41, 5.74) is 1.43. The number of carbonyl (C=O) groups excluding carboxylic acids is 2. The highest BCUT2D eigenvalue weighted by Crippen LogP contribution is 2.26. The predicted octanol–water partition coefficient (Wildman–Crippen LogP) is 2.90. The number of benzene rings is 1. The molecule has 0 spiro atoms. The molecule has 0 aliphatic carbocycles. The fourth-order valence-corrected chi connectivity index (χ4v) is 3.98. The molecule has 0 N–H and O–H groups in total. The summed E-state index contributed by atoms with van der Waals surface area (Å²) < 4.78 is 6.54. The Morgan fingerprint density at radius 1 is 1.26 bits per heavy atom. The molecule has 0 fully saturated rings. The van der Waals surface area contributed by atoms with Gasteiger partial charge in [-0.05, 0) is 31.0 Å². The summed E-state index contributed by atoms with van der Waals surface area (Å²) in [7, 11) is 0. The number of hydrazone groups is 1. The molecule has 1 amide bonds. The van der Waals surface area contributed by atoms with Gasteiger partial charge in [-0.15, -0.1) is 0 Å².